The summed E-state index contributed by atoms with van der Waals surface area (Å²) in [6, 6.07) is 6.75. The minimum Gasteiger partial charge on any atom is -0.408 e. The van der Waals surface area contributed by atoms with E-state index in [4.69, 9.17) is 4.42 Å². The van der Waals surface area contributed by atoms with Gasteiger partial charge in [0.25, 0.3) is 10.0 Å². The molecule has 0 unspecified atom stereocenters. The van der Waals surface area contributed by atoms with Gasteiger partial charge >= 0.3 is 5.76 Å². The van der Waals surface area contributed by atoms with Crippen LogP contribution in [0.3, 0.4) is 0 Å². The van der Waals surface area contributed by atoms with Crippen molar-refractivity contribution in [2.45, 2.75) is 18.4 Å². The molecule has 0 saturated heterocycles. The van der Waals surface area contributed by atoms with Crippen molar-refractivity contribution in [1.82, 2.24) is 4.57 Å². The number of halogens is 2. The van der Waals surface area contributed by atoms with Crippen LogP contribution in [0.4, 0.5) is 14.5 Å². The molecule has 1 N–H and O–H groups in total. The smallest absolute Gasteiger partial charge is 0.408 e. The fourth-order valence-corrected chi connectivity index (χ4v) is 3.39. The maximum Gasteiger partial charge on any atom is 0.419 e. The van der Waals surface area contributed by atoms with Crippen LogP contribution in [0.5, 0.6) is 0 Å². The fourth-order valence-electron chi connectivity index (χ4n) is 2.30. The zero-order valence-corrected chi connectivity index (χ0v) is 13.2. The van der Waals surface area contributed by atoms with Crippen LogP contribution in [0.15, 0.2) is 50.5 Å². The van der Waals surface area contributed by atoms with E-state index in [1.54, 1.807) is 6.92 Å². The minimum atomic E-state index is -4.26. The first kappa shape index (κ1) is 16.2. The molecule has 9 heteroatoms. The highest BCUT2D eigenvalue weighted by Gasteiger charge is 2.21. The summed E-state index contributed by atoms with van der Waals surface area (Å²) in [5.74, 6) is -2.69. The first-order valence-electron chi connectivity index (χ1n) is 6.93. The van der Waals surface area contributed by atoms with Crippen LogP contribution in [-0.2, 0) is 16.6 Å². The topological polar surface area (TPSA) is 81.3 Å². The molecular formula is C15H12F2N2O4S. The highest BCUT2D eigenvalue weighted by Crippen LogP contribution is 2.24. The molecule has 0 fully saturated rings. The molecule has 0 amide bonds. The van der Waals surface area contributed by atoms with Gasteiger partial charge in [-0.2, -0.15) is 0 Å². The zero-order chi connectivity index (χ0) is 17.5. The molecule has 0 spiro atoms. The number of rotatable bonds is 4. The van der Waals surface area contributed by atoms with Gasteiger partial charge in [-0.3, -0.25) is 9.29 Å². The van der Waals surface area contributed by atoms with Gasteiger partial charge in [-0.25, -0.2) is 22.0 Å². The van der Waals surface area contributed by atoms with Crippen LogP contribution in [0.2, 0.25) is 0 Å². The van der Waals surface area contributed by atoms with Gasteiger partial charge in [0, 0.05) is 12.6 Å². The lowest BCUT2D eigenvalue weighted by molar-refractivity contribution is 0.512. The molecule has 0 saturated carbocycles. The van der Waals surface area contributed by atoms with Gasteiger partial charge in [0.15, 0.2) is 5.58 Å². The second-order valence-corrected chi connectivity index (χ2v) is 6.63. The number of hydrogen-bond acceptors (Lipinski definition) is 4. The number of oxazole rings is 1. The number of anilines is 1. The number of aryl methyl sites for hydroxylation is 1. The Morgan fingerprint density at radius 3 is 2.46 bits per heavy atom. The number of sulfonamides is 1. The summed E-state index contributed by atoms with van der Waals surface area (Å²) < 4.78 is 60.1. The highest BCUT2D eigenvalue weighted by atomic mass is 32.2. The van der Waals surface area contributed by atoms with Crippen LogP contribution < -0.4 is 10.5 Å². The maximum atomic E-state index is 13.6. The summed E-state index contributed by atoms with van der Waals surface area (Å²) >= 11 is 0. The van der Waals surface area contributed by atoms with E-state index in [0.717, 1.165) is 24.3 Å². The van der Waals surface area contributed by atoms with Crippen LogP contribution in [0.25, 0.3) is 11.1 Å². The highest BCUT2D eigenvalue weighted by molar-refractivity contribution is 7.92. The largest absolute Gasteiger partial charge is 0.419 e. The third kappa shape index (κ3) is 2.67. The zero-order valence-electron chi connectivity index (χ0n) is 12.4. The Labute approximate surface area is 135 Å². The van der Waals surface area contributed by atoms with Crippen LogP contribution in [0, 0.1) is 11.6 Å². The van der Waals surface area contributed by atoms with Gasteiger partial charge in [0.2, 0.25) is 0 Å². The number of aromatic nitrogens is 1. The number of nitrogens with one attached hydrogen (secondary N) is 1. The van der Waals surface area contributed by atoms with Crippen molar-refractivity contribution in [3.8, 4) is 0 Å². The standard InChI is InChI=1S/C15H12F2N2O4S/c1-2-19-12-7-6-9(8-13(12)23-15(19)20)24(21,22)18-14-10(16)4-3-5-11(14)17/h3-8,18H,2H2,1H3. The lowest BCUT2D eigenvalue weighted by atomic mass is 10.3. The summed E-state index contributed by atoms with van der Waals surface area (Å²) in [5, 5.41) is 0. The quantitative estimate of drug-likeness (QED) is 0.781. The molecule has 0 atom stereocenters. The van der Waals surface area contributed by atoms with Crippen LogP contribution in [0.1, 0.15) is 6.92 Å². The molecule has 3 rings (SSSR count). The van der Waals surface area contributed by atoms with Gasteiger partial charge in [0.1, 0.15) is 17.3 Å². The average molecular weight is 354 g/mol. The maximum absolute atomic E-state index is 13.6. The molecule has 126 valence electrons. The Kier molecular flexibility index (Phi) is 3.88. The van der Waals surface area contributed by atoms with Crippen molar-refractivity contribution >= 4 is 26.8 Å². The minimum absolute atomic E-state index is 0.0683. The predicted molar refractivity (Wildman–Crippen MR) is 83.3 cm³/mol. The van der Waals surface area contributed by atoms with Crippen molar-refractivity contribution in [3.05, 3.63) is 58.6 Å². The lowest BCUT2D eigenvalue weighted by Gasteiger charge is -2.09. The van der Waals surface area contributed by atoms with Gasteiger partial charge in [-0.1, -0.05) is 6.07 Å². The summed E-state index contributed by atoms with van der Waals surface area (Å²) in [5.41, 5.74) is -0.276. The molecule has 0 radical (unpaired) electrons. The molecule has 6 nitrogen and oxygen atoms in total. The third-order valence-corrected chi connectivity index (χ3v) is 4.81. The molecule has 0 bridgehead atoms. The molecule has 24 heavy (non-hydrogen) atoms. The average Bonchev–Trinajstić information content (AvgIpc) is 2.85. The number of fused-ring (bicyclic) bond motifs is 1. The van der Waals surface area contributed by atoms with E-state index in [-0.39, 0.29) is 10.5 Å². The Hall–Kier alpha value is -2.68. The number of nitrogens with zero attached hydrogens (tertiary/aromatic N) is 1. The monoisotopic (exact) mass is 354 g/mol. The van der Waals surface area contributed by atoms with Gasteiger partial charge in [-0.15, -0.1) is 0 Å². The van der Waals surface area contributed by atoms with E-state index in [1.807, 2.05) is 4.72 Å². The third-order valence-electron chi connectivity index (χ3n) is 3.47. The van der Waals surface area contributed by atoms with E-state index in [0.29, 0.717) is 12.1 Å². The fraction of sp³-hybridized carbons (Fsp3) is 0.133. The second-order valence-electron chi connectivity index (χ2n) is 4.94. The summed E-state index contributed by atoms with van der Waals surface area (Å²) in [6.45, 7) is 2.10. The van der Waals surface area contributed by atoms with E-state index in [2.05, 4.69) is 0 Å². The second kappa shape index (κ2) is 5.75. The SMILES string of the molecule is CCn1c(=O)oc2cc(S(=O)(=O)Nc3c(F)cccc3F)ccc21. The molecule has 0 aliphatic carbocycles. The molecule has 3 aromatic rings. The van der Waals surface area contributed by atoms with E-state index in [9.17, 15) is 22.0 Å². The summed E-state index contributed by atoms with van der Waals surface area (Å²) in [7, 11) is -4.26. The summed E-state index contributed by atoms with van der Waals surface area (Å²) in [4.78, 5) is 11.4. The van der Waals surface area contributed by atoms with E-state index in [1.165, 1.54) is 16.7 Å². The van der Waals surface area contributed by atoms with Gasteiger partial charge in [0.05, 0.1) is 10.4 Å². The molecule has 2 aromatic carbocycles. The van der Waals surface area contributed by atoms with Gasteiger partial charge in [-0.05, 0) is 31.2 Å². The number of hydrogen-bond donors (Lipinski definition) is 1. The molecular weight excluding hydrogens is 342 g/mol. The molecule has 1 aromatic heterocycles. The van der Waals surface area contributed by atoms with Crippen molar-refractivity contribution < 1.29 is 21.6 Å². The number of benzene rings is 2. The first-order valence-corrected chi connectivity index (χ1v) is 8.42. The Morgan fingerprint density at radius 2 is 1.83 bits per heavy atom. The number of para-hydroxylation sites is 1. The van der Waals surface area contributed by atoms with Crippen LogP contribution in [-0.4, -0.2) is 13.0 Å². The van der Waals surface area contributed by atoms with Crippen molar-refractivity contribution in [1.29, 1.82) is 0 Å². The van der Waals surface area contributed by atoms with Crippen molar-refractivity contribution in [2.24, 2.45) is 0 Å². The van der Waals surface area contributed by atoms with Crippen molar-refractivity contribution in [3.63, 3.8) is 0 Å². The molecule has 0 aliphatic rings. The lowest BCUT2D eigenvalue weighted by Crippen LogP contribution is -2.15. The van der Waals surface area contributed by atoms with Gasteiger partial charge < -0.3 is 4.42 Å². The van der Waals surface area contributed by atoms with E-state index < -0.39 is 33.1 Å². The molecule has 1 heterocycles. The Morgan fingerprint density at radius 1 is 1.17 bits per heavy atom. The Bertz CT molecular complexity index is 1070. The molecule has 0 aliphatic heterocycles. The normalized spacial score (nSPS) is 11.8. The van der Waals surface area contributed by atoms with Crippen LogP contribution >= 0.6 is 0 Å². The Balaban J connectivity index is 2.07. The summed E-state index contributed by atoms with van der Waals surface area (Å²) in [6.07, 6.45) is 0. The van der Waals surface area contributed by atoms with E-state index >= 15 is 0 Å². The van der Waals surface area contributed by atoms with Crippen molar-refractivity contribution in [2.75, 3.05) is 4.72 Å². The predicted octanol–water partition coefficient (Wildman–Crippen LogP) is 2.69. The first-order chi connectivity index (χ1) is 11.3.